The summed E-state index contributed by atoms with van der Waals surface area (Å²) in [6, 6.07) is 0. The zero-order chi connectivity index (χ0) is 10.2. The van der Waals surface area contributed by atoms with Crippen molar-refractivity contribution in [2.24, 2.45) is 0 Å². The van der Waals surface area contributed by atoms with Gasteiger partial charge in [-0.3, -0.25) is 0 Å². The zero-order valence-corrected chi connectivity index (χ0v) is 8.32. The molecule has 1 rings (SSSR count). The van der Waals surface area contributed by atoms with Crippen molar-refractivity contribution in [3.05, 3.63) is 11.8 Å². The summed E-state index contributed by atoms with van der Waals surface area (Å²) in [7, 11) is 0. The van der Waals surface area contributed by atoms with Crippen LogP contribution >= 0.6 is 0 Å². The van der Waals surface area contributed by atoms with Crippen molar-refractivity contribution in [3.63, 3.8) is 0 Å². The SMILES string of the molecule is OCCOC1=CCC(OCCO)CC1. The Morgan fingerprint density at radius 1 is 1.29 bits per heavy atom. The maximum absolute atomic E-state index is 8.57. The van der Waals surface area contributed by atoms with Crippen LogP contribution < -0.4 is 0 Å². The molecule has 0 fully saturated rings. The lowest BCUT2D eigenvalue weighted by Crippen LogP contribution is -2.18. The molecule has 0 radical (unpaired) electrons. The molecular weight excluding hydrogens is 184 g/mol. The molecule has 0 heterocycles. The van der Waals surface area contributed by atoms with Crippen molar-refractivity contribution >= 4 is 0 Å². The molecule has 0 saturated carbocycles. The van der Waals surface area contributed by atoms with Crippen LogP contribution in [-0.4, -0.2) is 42.7 Å². The number of hydrogen-bond donors (Lipinski definition) is 2. The van der Waals surface area contributed by atoms with E-state index in [1.54, 1.807) is 0 Å². The van der Waals surface area contributed by atoms with Crippen molar-refractivity contribution < 1.29 is 19.7 Å². The van der Waals surface area contributed by atoms with Crippen LogP contribution in [0.4, 0.5) is 0 Å². The average Bonchev–Trinajstić information content (AvgIpc) is 2.25. The minimum Gasteiger partial charge on any atom is -0.496 e. The number of aliphatic hydroxyl groups excluding tert-OH is 2. The van der Waals surface area contributed by atoms with Gasteiger partial charge in [0.25, 0.3) is 0 Å². The van der Waals surface area contributed by atoms with Crippen LogP contribution in [0.1, 0.15) is 19.3 Å². The van der Waals surface area contributed by atoms with Crippen LogP contribution in [-0.2, 0) is 9.47 Å². The molecule has 1 aliphatic carbocycles. The number of aliphatic hydroxyl groups is 2. The van der Waals surface area contributed by atoms with Gasteiger partial charge in [0.1, 0.15) is 6.61 Å². The molecular formula is C10H18O4. The summed E-state index contributed by atoms with van der Waals surface area (Å²) >= 11 is 0. The molecule has 1 atom stereocenters. The Labute approximate surface area is 84.1 Å². The van der Waals surface area contributed by atoms with Gasteiger partial charge in [0.05, 0.1) is 31.7 Å². The number of hydrogen-bond acceptors (Lipinski definition) is 4. The summed E-state index contributed by atoms with van der Waals surface area (Å²) < 4.78 is 10.7. The Morgan fingerprint density at radius 2 is 2.07 bits per heavy atom. The van der Waals surface area contributed by atoms with Crippen LogP contribution in [0.5, 0.6) is 0 Å². The molecule has 0 aromatic heterocycles. The summed E-state index contributed by atoms with van der Waals surface area (Å²) in [6.07, 6.45) is 4.83. The Morgan fingerprint density at radius 3 is 2.64 bits per heavy atom. The first-order valence-electron chi connectivity index (χ1n) is 5.02. The molecule has 2 N–H and O–H groups in total. The van der Waals surface area contributed by atoms with E-state index in [0.29, 0.717) is 13.2 Å². The molecule has 4 nitrogen and oxygen atoms in total. The first kappa shape index (κ1) is 11.5. The van der Waals surface area contributed by atoms with Gasteiger partial charge in [-0.15, -0.1) is 0 Å². The average molecular weight is 202 g/mol. The van der Waals surface area contributed by atoms with Gasteiger partial charge in [-0.2, -0.15) is 0 Å². The van der Waals surface area contributed by atoms with Crippen molar-refractivity contribution in [1.82, 2.24) is 0 Å². The van der Waals surface area contributed by atoms with E-state index in [1.165, 1.54) is 0 Å². The van der Waals surface area contributed by atoms with E-state index in [9.17, 15) is 0 Å². The Kier molecular flexibility index (Phi) is 5.59. The van der Waals surface area contributed by atoms with E-state index in [-0.39, 0.29) is 19.3 Å². The first-order valence-corrected chi connectivity index (χ1v) is 5.02. The van der Waals surface area contributed by atoms with Crippen molar-refractivity contribution in [3.8, 4) is 0 Å². The molecule has 1 aliphatic rings. The minimum absolute atomic E-state index is 0.0573. The molecule has 1 unspecified atom stereocenters. The second-order valence-corrected chi connectivity index (χ2v) is 3.23. The first-order chi connectivity index (χ1) is 6.86. The fourth-order valence-electron chi connectivity index (χ4n) is 1.46. The fraction of sp³-hybridized carbons (Fsp3) is 0.800. The topological polar surface area (TPSA) is 58.9 Å². The van der Waals surface area contributed by atoms with Crippen LogP contribution in [0.15, 0.2) is 11.8 Å². The third kappa shape index (κ3) is 4.09. The van der Waals surface area contributed by atoms with E-state index in [2.05, 4.69) is 0 Å². The fourth-order valence-corrected chi connectivity index (χ4v) is 1.46. The van der Waals surface area contributed by atoms with Crippen LogP contribution in [0.3, 0.4) is 0 Å². The molecule has 82 valence electrons. The summed E-state index contributed by atoms with van der Waals surface area (Å²) in [5, 5.41) is 17.1. The molecule has 14 heavy (non-hydrogen) atoms. The van der Waals surface area contributed by atoms with Gasteiger partial charge >= 0.3 is 0 Å². The second kappa shape index (κ2) is 6.81. The van der Waals surface area contributed by atoms with Gasteiger partial charge in [-0.1, -0.05) is 0 Å². The van der Waals surface area contributed by atoms with Crippen LogP contribution in [0.25, 0.3) is 0 Å². The lowest BCUT2D eigenvalue weighted by molar-refractivity contribution is 0.0174. The highest BCUT2D eigenvalue weighted by molar-refractivity contribution is 4.99. The van der Waals surface area contributed by atoms with E-state index >= 15 is 0 Å². The predicted octanol–water partition coefficient (Wildman–Crippen LogP) is 0.441. The lowest BCUT2D eigenvalue weighted by atomic mass is 10.0. The second-order valence-electron chi connectivity index (χ2n) is 3.23. The highest BCUT2D eigenvalue weighted by Crippen LogP contribution is 2.21. The van der Waals surface area contributed by atoms with Crippen LogP contribution in [0, 0.1) is 0 Å². The quantitative estimate of drug-likeness (QED) is 0.656. The molecule has 0 aliphatic heterocycles. The van der Waals surface area contributed by atoms with Crippen molar-refractivity contribution in [1.29, 1.82) is 0 Å². The molecule has 0 aromatic rings. The molecule has 0 amide bonds. The van der Waals surface area contributed by atoms with Gasteiger partial charge < -0.3 is 19.7 Å². The van der Waals surface area contributed by atoms with Crippen molar-refractivity contribution in [2.75, 3.05) is 26.4 Å². The van der Waals surface area contributed by atoms with E-state index in [0.717, 1.165) is 25.0 Å². The van der Waals surface area contributed by atoms with Gasteiger partial charge in [-0.25, -0.2) is 0 Å². The zero-order valence-electron chi connectivity index (χ0n) is 8.32. The Balaban J connectivity index is 2.18. The highest BCUT2D eigenvalue weighted by atomic mass is 16.5. The number of rotatable bonds is 6. The largest absolute Gasteiger partial charge is 0.496 e. The Hall–Kier alpha value is -0.580. The third-order valence-corrected chi connectivity index (χ3v) is 2.14. The minimum atomic E-state index is 0.0573. The van der Waals surface area contributed by atoms with Gasteiger partial charge in [0, 0.05) is 6.42 Å². The standard InChI is InChI=1S/C10H18O4/c11-5-7-13-9-1-2-10(4-3-9)14-8-6-12/h1,10-12H,2-8H2. The summed E-state index contributed by atoms with van der Waals surface area (Å²) in [6.45, 7) is 0.912. The molecule has 0 saturated heterocycles. The molecule has 0 spiro atoms. The normalized spacial score (nSPS) is 21.9. The number of allylic oxidation sites excluding steroid dienone is 1. The van der Waals surface area contributed by atoms with Crippen LogP contribution in [0.2, 0.25) is 0 Å². The van der Waals surface area contributed by atoms with Gasteiger partial charge in [-0.05, 0) is 18.9 Å². The van der Waals surface area contributed by atoms with Crippen molar-refractivity contribution in [2.45, 2.75) is 25.4 Å². The third-order valence-electron chi connectivity index (χ3n) is 2.14. The lowest BCUT2D eigenvalue weighted by Gasteiger charge is -2.21. The Bertz CT molecular complexity index is 179. The maximum atomic E-state index is 8.57. The summed E-state index contributed by atoms with van der Waals surface area (Å²) in [4.78, 5) is 0. The van der Waals surface area contributed by atoms with Gasteiger partial charge in [0.15, 0.2) is 0 Å². The summed E-state index contributed by atoms with van der Waals surface area (Å²) in [5.74, 6) is 0.947. The molecule has 0 aromatic carbocycles. The maximum Gasteiger partial charge on any atom is 0.111 e. The summed E-state index contributed by atoms with van der Waals surface area (Å²) in [5.41, 5.74) is 0. The van der Waals surface area contributed by atoms with E-state index in [4.69, 9.17) is 19.7 Å². The van der Waals surface area contributed by atoms with Gasteiger partial charge in [0.2, 0.25) is 0 Å². The predicted molar refractivity (Wildman–Crippen MR) is 51.8 cm³/mol. The highest BCUT2D eigenvalue weighted by Gasteiger charge is 2.15. The monoisotopic (exact) mass is 202 g/mol. The smallest absolute Gasteiger partial charge is 0.111 e. The van der Waals surface area contributed by atoms with E-state index < -0.39 is 0 Å². The molecule has 0 bridgehead atoms. The van der Waals surface area contributed by atoms with E-state index in [1.807, 2.05) is 6.08 Å². The number of ether oxygens (including phenoxy) is 2. The molecule has 4 heteroatoms.